The lowest BCUT2D eigenvalue weighted by Crippen LogP contribution is -2.23. The molecule has 0 unspecified atom stereocenters. The number of phenolic OH excluding ortho intramolecular Hbond substituents is 1. The molecule has 0 atom stereocenters. The highest BCUT2D eigenvalue weighted by molar-refractivity contribution is 5.73. The maximum atomic E-state index is 11.2. The molecule has 142 valence electrons. The van der Waals surface area contributed by atoms with Gasteiger partial charge in [0.2, 0.25) is 0 Å². The average Bonchev–Trinajstić information content (AvgIpc) is 2.48. The predicted molar refractivity (Wildman–Crippen MR) is 104 cm³/mol. The lowest BCUT2D eigenvalue weighted by molar-refractivity contribution is -0.147. The molecule has 0 fully saturated rings. The fourth-order valence-corrected chi connectivity index (χ4v) is 3.09. The molecule has 1 aromatic carbocycles. The summed E-state index contributed by atoms with van der Waals surface area (Å²) in [7, 11) is 0. The summed E-state index contributed by atoms with van der Waals surface area (Å²) in [4.78, 5) is 11.2. The van der Waals surface area contributed by atoms with Crippen molar-refractivity contribution in [2.75, 3.05) is 0 Å². The molecule has 1 rings (SSSR count). The van der Waals surface area contributed by atoms with E-state index in [2.05, 4.69) is 26.8 Å². The van der Waals surface area contributed by atoms with Gasteiger partial charge in [-0.2, -0.15) is 0 Å². The molecule has 0 heterocycles. The summed E-state index contributed by atoms with van der Waals surface area (Å²) in [5, 5.41) is 19.4. The van der Waals surface area contributed by atoms with Crippen molar-refractivity contribution in [1.29, 1.82) is 0 Å². The summed E-state index contributed by atoms with van der Waals surface area (Å²) in [5.41, 5.74) is 1.99. The van der Waals surface area contributed by atoms with Crippen molar-refractivity contribution in [3.8, 4) is 5.75 Å². The maximum absolute atomic E-state index is 11.2. The molecular formula is C22H36O3. The molecule has 0 amide bonds. The van der Waals surface area contributed by atoms with Crippen LogP contribution in [0.1, 0.15) is 84.3 Å². The van der Waals surface area contributed by atoms with Crippen LogP contribution in [-0.2, 0) is 17.6 Å². The first-order valence-electron chi connectivity index (χ1n) is 9.56. The molecule has 3 heteroatoms. The van der Waals surface area contributed by atoms with Gasteiger partial charge in [0.1, 0.15) is 5.75 Å². The van der Waals surface area contributed by atoms with Crippen LogP contribution in [0.2, 0.25) is 0 Å². The normalized spacial score (nSPS) is 12.4. The molecule has 0 saturated heterocycles. The number of benzene rings is 1. The zero-order valence-corrected chi connectivity index (χ0v) is 16.7. The highest BCUT2D eigenvalue weighted by atomic mass is 16.4. The van der Waals surface area contributed by atoms with Crippen molar-refractivity contribution in [2.45, 2.75) is 86.0 Å². The van der Waals surface area contributed by atoms with Gasteiger partial charge >= 0.3 is 5.97 Å². The van der Waals surface area contributed by atoms with Gasteiger partial charge in [-0.25, -0.2) is 0 Å². The van der Waals surface area contributed by atoms with Gasteiger partial charge in [0.25, 0.3) is 0 Å². The Hall–Kier alpha value is -1.51. The molecule has 0 bridgehead atoms. The number of unbranched alkanes of at least 4 members (excludes halogenated alkanes) is 2. The number of rotatable bonds is 10. The van der Waals surface area contributed by atoms with E-state index in [1.54, 1.807) is 19.9 Å². The van der Waals surface area contributed by atoms with Gasteiger partial charge in [0.05, 0.1) is 5.41 Å². The molecule has 25 heavy (non-hydrogen) atoms. The van der Waals surface area contributed by atoms with Gasteiger partial charge in [-0.05, 0) is 75.0 Å². The van der Waals surface area contributed by atoms with Gasteiger partial charge in [-0.3, -0.25) is 4.79 Å². The molecule has 0 aliphatic heterocycles. The van der Waals surface area contributed by atoms with Crippen LogP contribution >= 0.6 is 0 Å². The van der Waals surface area contributed by atoms with Gasteiger partial charge in [0, 0.05) is 0 Å². The summed E-state index contributed by atoms with van der Waals surface area (Å²) < 4.78 is 0. The Bertz CT molecular complexity index is 553. The first-order chi connectivity index (χ1) is 11.5. The van der Waals surface area contributed by atoms with E-state index in [1.165, 1.54) is 18.4 Å². The van der Waals surface area contributed by atoms with E-state index < -0.39 is 11.4 Å². The van der Waals surface area contributed by atoms with Gasteiger partial charge < -0.3 is 10.2 Å². The summed E-state index contributed by atoms with van der Waals surface area (Å²) >= 11 is 0. The Morgan fingerprint density at radius 2 is 1.52 bits per heavy atom. The van der Waals surface area contributed by atoms with Crippen LogP contribution in [0.5, 0.6) is 5.75 Å². The molecule has 0 radical (unpaired) electrons. The van der Waals surface area contributed by atoms with Crippen LogP contribution in [0.15, 0.2) is 18.2 Å². The van der Waals surface area contributed by atoms with Crippen LogP contribution in [0.3, 0.4) is 0 Å². The number of carbonyl (C=O) groups is 1. The van der Waals surface area contributed by atoms with Crippen LogP contribution in [-0.4, -0.2) is 16.2 Å². The largest absolute Gasteiger partial charge is 0.508 e. The number of hydrogen-bond acceptors (Lipinski definition) is 2. The molecule has 0 aromatic heterocycles. The minimum atomic E-state index is -0.741. The Morgan fingerprint density at radius 3 is 2.12 bits per heavy atom. The molecule has 0 spiro atoms. The predicted octanol–water partition coefficient (Wildman–Crippen LogP) is 5.97. The second kappa shape index (κ2) is 9.26. The molecular weight excluding hydrogens is 312 g/mol. The quantitative estimate of drug-likeness (QED) is 0.512. The minimum Gasteiger partial charge on any atom is -0.508 e. The van der Waals surface area contributed by atoms with E-state index in [0.717, 1.165) is 37.7 Å². The van der Waals surface area contributed by atoms with Crippen molar-refractivity contribution >= 4 is 5.97 Å². The number of phenols is 1. The van der Waals surface area contributed by atoms with Crippen molar-refractivity contribution in [3.63, 3.8) is 0 Å². The number of aromatic hydroxyl groups is 1. The Balaban J connectivity index is 2.54. The Kier molecular flexibility index (Phi) is 7.98. The van der Waals surface area contributed by atoms with Crippen LogP contribution < -0.4 is 0 Å². The Labute approximate surface area is 153 Å². The van der Waals surface area contributed by atoms with E-state index in [4.69, 9.17) is 0 Å². The van der Waals surface area contributed by atoms with E-state index in [9.17, 15) is 15.0 Å². The second-order valence-electron chi connectivity index (χ2n) is 9.08. The fourth-order valence-electron chi connectivity index (χ4n) is 3.09. The van der Waals surface area contributed by atoms with E-state index >= 15 is 0 Å². The molecule has 0 aliphatic carbocycles. The third-order valence-corrected chi connectivity index (χ3v) is 4.93. The van der Waals surface area contributed by atoms with Crippen LogP contribution in [0.25, 0.3) is 0 Å². The molecule has 3 nitrogen and oxygen atoms in total. The summed E-state index contributed by atoms with van der Waals surface area (Å²) in [5.74, 6) is -0.361. The number of carboxylic acid groups (broad SMARTS) is 1. The van der Waals surface area contributed by atoms with Crippen molar-refractivity contribution < 1.29 is 15.0 Å². The fraction of sp³-hybridized carbons (Fsp3) is 0.682. The van der Waals surface area contributed by atoms with E-state index in [0.29, 0.717) is 17.6 Å². The lowest BCUT2D eigenvalue weighted by Gasteiger charge is -2.19. The number of hydrogen-bond donors (Lipinski definition) is 2. The molecule has 0 aliphatic rings. The smallest absolute Gasteiger partial charge is 0.309 e. The third-order valence-electron chi connectivity index (χ3n) is 4.93. The topological polar surface area (TPSA) is 57.5 Å². The number of carboxylic acids is 1. The highest BCUT2D eigenvalue weighted by Gasteiger charge is 2.26. The standard InChI is InChI=1S/C22H36O3/c1-21(2,3)15-8-6-11-17-12-10-14-19(23)18(17)13-7-9-16-22(4,5)20(24)25/h10,12,14,23H,6-9,11,13,15-16H2,1-5H3,(H,24,25). The lowest BCUT2D eigenvalue weighted by atomic mass is 9.86. The summed E-state index contributed by atoms with van der Waals surface area (Å²) in [6, 6.07) is 5.80. The molecule has 1 aromatic rings. The average molecular weight is 349 g/mol. The van der Waals surface area contributed by atoms with Crippen LogP contribution in [0.4, 0.5) is 0 Å². The van der Waals surface area contributed by atoms with E-state index in [-0.39, 0.29) is 0 Å². The molecule has 0 saturated carbocycles. The zero-order valence-electron chi connectivity index (χ0n) is 16.7. The highest BCUT2D eigenvalue weighted by Crippen LogP contribution is 2.28. The van der Waals surface area contributed by atoms with Crippen molar-refractivity contribution in [3.05, 3.63) is 29.3 Å². The minimum absolute atomic E-state index is 0.374. The van der Waals surface area contributed by atoms with E-state index in [1.807, 2.05) is 6.07 Å². The zero-order chi connectivity index (χ0) is 19.1. The number of aryl methyl sites for hydroxylation is 1. The van der Waals surface area contributed by atoms with Gasteiger partial charge in [0.15, 0.2) is 0 Å². The van der Waals surface area contributed by atoms with Crippen molar-refractivity contribution in [1.82, 2.24) is 0 Å². The Morgan fingerprint density at radius 1 is 0.920 bits per heavy atom. The first kappa shape index (κ1) is 21.5. The summed E-state index contributed by atoms with van der Waals surface area (Å²) in [6.07, 6.45) is 7.80. The second-order valence-corrected chi connectivity index (χ2v) is 9.08. The first-order valence-corrected chi connectivity index (χ1v) is 9.56. The third kappa shape index (κ3) is 7.94. The SMILES string of the molecule is CC(C)(C)CCCCc1cccc(O)c1CCCCC(C)(C)C(=O)O. The number of aliphatic carboxylic acids is 1. The maximum Gasteiger partial charge on any atom is 0.309 e. The van der Waals surface area contributed by atoms with Crippen LogP contribution in [0, 0.1) is 10.8 Å². The van der Waals surface area contributed by atoms with Gasteiger partial charge in [-0.1, -0.05) is 45.7 Å². The monoisotopic (exact) mass is 348 g/mol. The van der Waals surface area contributed by atoms with Gasteiger partial charge in [-0.15, -0.1) is 0 Å². The molecule has 2 N–H and O–H groups in total. The summed E-state index contributed by atoms with van der Waals surface area (Å²) in [6.45, 7) is 10.4. The van der Waals surface area contributed by atoms with Crippen molar-refractivity contribution in [2.24, 2.45) is 10.8 Å².